The molecule has 0 unspecified atom stereocenters. The van der Waals surface area contributed by atoms with E-state index in [1.54, 1.807) is 35.7 Å². The minimum absolute atomic E-state index is 0.218. The third kappa shape index (κ3) is 3.88. The molecule has 0 radical (unpaired) electrons. The average molecular weight is 445 g/mol. The number of hydrogen-bond acceptors (Lipinski definition) is 5. The lowest BCUT2D eigenvalue weighted by molar-refractivity contribution is 0.580. The Bertz CT molecular complexity index is 1340. The van der Waals surface area contributed by atoms with Gasteiger partial charge < -0.3 is 0 Å². The van der Waals surface area contributed by atoms with Crippen molar-refractivity contribution in [3.05, 3.63) is 70.0 Å². The molecule has 0 aliphatic carbocycles. The number of nitrogens with zero attached hydrogens (tertiary/aromatic N) is 3. The second-order valence-corrected chi connectivity index (χ2v) is 9.76. The van der Waals surface area contributed by atoms with Gasteiger partial charge in [0.15, 0.2) is 5.82 Å². The van der Waals surface area contributed by atoms with E-state index in [9.17, 15) is 12.8 Å². The van der Waals surface area contributed by atoms with E-state index < -0.39 is 10.0 Å². The van der Waals surface area contributed by atoms with Gasteiger partial charge in [-0.2, -0.15) is 4.98 Å². The summed E-state index contributed by atoms with van der Waals surface area (Å²) in [6.45, 7) is 5.87. The van der Waals surface area contributed by atoms with E-state index in [1.165, 1.54) is 17.4 Å². The highest BCUT2D eigenvalue weighted by Crippen LogP contribution is 2.23. The van der Waals surface area contributed by atoms with Gasteiger partial charge in [0, 0.05) is 18.3 Å². The van der Waals surface area contributed by atoms with Gasteiger partial charge in [-0.25, -0.2) is 22.0 Å². The van der Waals surface area contributed by atoms with Gasteiger partial charge in [0.2, 0.25) is 15.0 Å². The number of fused-ring (bicyclic) bond motifs is 1. The standard InChI is InChI=1S/C21H21FN4O2S2/c1-13-10-15(3)19(11-14(13)2)30(27,28)23-9-8-16-12-29-21-24-20(25-26(16)21)17-6-4-5-7-18(17)22/h4-7,10-12,23H,8-9H2,1-3H3. The Balaban J connectivity index is 1.52. The van der Waals surface area contributed by atoms with E-state index in [-0.39, 0.29) is 12.4 Å². The van der Waals surface area contributed by atoms with Crippen LogP contribution in [-0.2, 0) is 16.4 Å². The molecule has 4 rings (SSSR count). The van der Waals surface area contributed by atoms with Crippen LogP contribution in [0.2, 0.25) is 0 Å². The Morgan fingerprint density at radius 2 is 1.83 bits per heavy atom. The smallest absolute Gasteiger partial charge is 0.211 e. The highest BCUT2D eigenvalue weighted by Gasteiger charge is 2.18. The Kier molecular flexibility index (Phi) is 5.44. The summed E-state index contributed by atoms with van der Waals surface area (Å²) in [6, 6.07) is 9.94. The molecule has 1 N–H and O–H groups in total. The Morgan fingerprint density at radius 1 is 1.10 bits per heavy atom. The number of thiazole rings is 1. The van der Waals surface area contributed by atoms with Crippen LogP contribution in [0.15, 0.2) is 46.7 Å². The summed E-state index contributed by atoms with van der Waals surface area (Å²) in [6.07, 6.45) is 0.434. The molecule has 6 nitrogen and oxygen atoms in total. The van der Waals surface area contributed by atoms with Gasteiger partial charge in [-0.1, -0.05) is 18.2 Å². The normalized spacial score (nSPS) is 12.0. The van der Waals surface area contributed by atoms with Crippen molar-refractivity contribution in [2.75, 3.05) is 6.54 Å². The lowest BCUT2D eigenvalue weighted by atomic mass is 10.1. The summed E-state index contributed by atoms with van der Waals surface area (Å²) in [5.74, 6) is -0.0682. The zero-order chi connectivity index (χ0) is 21.5. The van der Waals surface area contributed by atoms with E-state index in [4.69, 9.17) is 0 Å². The van der Waals surface area contributed by atoms with E-state index in [1.807, 2.05) is 25.3 Å². The van der Waals surface area contributed by atoms with Crippen LogP contribution in [0.5, 0.6) is 0 Å². The summed E-state index contributed by atoms with van der Waals surface area (Å²) in [4.78, 5) is 5.32. The Labute approximate surface area is 178 Å². The summed E-state index contributed by atoms with van der Waals surface area (Å²) >= 11 is 1.39. The number of aryl methyl sites for hydroxylation is 3. The molecule has 156 valence electrons. The molecular weight excluding hydrogens is 423 g/mol. The predicted octanol–water partition coefficient (Wildman–Crippen LogP) is 4.04. The number of rotatable bonds is 6. The van der Waals surface area contributed by atoms with Crippen LogP contribution in [0, 0.1) is 26.6 Å². The highest BCUT2D eigenvalue weighted by molar-refractivity contribution is 7.89. The van der Waals surface area contributed by atoms with Crippen LogP contribution in [0.4, 0.5) is 4.39 Å². The maximum absolute atomic E-state index is 14.0. The second-order valence-electron chi connectivity index (χ2n) is 7.19. The van der Waals surface area contributed by atoms with Gasteiger partial charge >= 0.3 is 0 Å². The number of halogens is 1. The molecule has 0 aliphatic rings. The number of benzene rings is 2. The molecule has 0 atom stereocenters. The lowest BCUT2D eigenvalue weighted by Crippen LogP contribution is -2.27. The first-order valence-corrected chi connectivity index (χ1v) is 11.8. The summed E-state index contributed by atoms with van der Waals surface area (Å²) in [5, 5.41) is 6.30. The number of hydrogen-bond donors (Lipinski definition) is 1. The SMILES string of the molecule is Cc1cc(C)c(S(=O)(=O)NCCc2csc3nc(-c4ccccc4F)nn23)cc1C. The van der Waals surface area contributed by atoms with Crippen molar-refractivity contribution in [3.8, 4) is 11.4 Å². The molecule has 0 saturated carbocycles. The zero-order valence-corrected chi connectivity index (χ0v) is 18.4. The van der Waals surface area contributed by atoms with Gasteiger partial charge in [0.1, 0.15) is 5.82 Å². The minimum Gasteiger partial charge on any atom is -0.211 e. The van der Waals surface area contributed by atoms with Crippen molar-refractivity contribution in [3.63, 3.8) is 0 Å². The molecule has 0 saturated heterocycles. The molecule has 9 heteroatoms. The topological polar surface area (TPSA) is 76.4 Å². The quantitative estimate of drug-likeness (QED) is 0.487. The molecule has 0 spiro atoms. The van der Waals surface area contributed by atoms with Gasteiger partial charge in [-0.05, 0) is 55.7 Å². The summed E-state index contributed by atoms with van der Waals surface area (Å²) in [7, 11) is -3.62. The number of aromatic nitrogens is 3. The van der Waals surface area contributed by atoms with Crippen LogP contribution >= 0.6 is 11.3 Å². The molecule has 0 bridgehead atoms. The van der Waals surface area contributed by atoms with Crippen LogP contribution in [0.1, 0.15) is 22.4 Å². The highest BCUT2D eigenvalue weighted by atomic mass is 32.2. The first-order valence-electron chi connectivity index (χ1n) is 9.42. The third-order valence-corrected chi connectivity index (χ3v) is 7.49. The second kappa shape index (κ2) is 7.90. The van der Waals surface area contributed by atoms with Gasteiger partial charge in [-0.3, -0.25) is 0 Å². The zero-order valence-electron chi connectivity index (χ0n) is 16.8. The van der Waals surface area contributed by atoms with Crippen molar-refractivity contribution < 1.29 is 12.8 Å². The predicted molar refractivity (Wildman–Crippen MR) is 116 cm³/mol. The van der Waals surface area contributed by atoms with Gasteiger partial charge in [0.05, 0.1) is 16.2 Å². The van der Waals surface area contributed by atoms with Crippen molar-refractivity contribution in [1.82, 2.24) is 19.3 Å². The molecule has 2 heterocycles. The molecule has 0 aliphatic heterocycles. The fourth-order valence-corrected chi connectivity index (χ4v) is 5.47. The summed E-state index contributed by atoms with van der Waals surface area (Å²) in [5.41, 5.74) is 3.86. The lowest BCUT2D eigenvalue weighted by Gasteiger charge is -2.11. The first-order chi connectivity index (χ1) is 14.3. The van der Waals surface area contributed by atoms with E-state index in [0.717, 1.165) is 16.8 Å². The maximum atomic E-state index is 14.0. The van der Waals surface area contributed by atoms with Crippen molar-refractivity contribution in [2.24, 2.45) is 0 Å². The van der Waals surface area contributed by atoms with Crippen LogP contribution in [-0.4, -0.2) is 29.6 Å². The fourth-order valence-electron chi connectivity index (χ4n) is 3.27. The van der Waals surface area contributed by atoms with Crippen molar-refractivity contribution in [2.45, 2.75) is 32.1 Å². The van der Waals surface area contributed by atoms with Crippen LogP contribution in [0.25, 0.3) is 16.3 Å². The third-order valence-electron chi connectivity index (χ3n) is 5.02. The Morgan fingerprint density at radius 3 is 2.60 bits per heavy atom. The van der Waals surface area contributed by atoms with E-state index in [0.29, 0.717) is 33.2 Å². The molecule has 0 fully saturated rings. The van der Waals surface area contributed by atoms with Crippen molar-refractivity contribution >= 4 is 26.3 Å². The van der Waals surface area contributed by atoms with Crippen molar-refractivity contribution in [1.29, 1.82) is 0 Å². The van der Waals surface area contributed by atoms with E-state index in [2.05, 4.69) is 14.8 Å². The fraction of sp³-hybridized carbons (Fsp3) is 0.238. The number of sulfonamides is 1. The number of nitrogens with one attached hydrogen (secondary N) is 1. The minimum atomic E-state index is -3.62. The molecule has 4 aromatic rings. The van der Waals surface area contributed by atoms with E-state index >= 15 is 0 Å². The molecule has 2 aromatic heterocycles. The van der Waals surface area contributed by atoms with Crippen LogP contribution in [0.3, 0.4) is 0 Å². The maximum Gasteiger partial charge on any atom is 0.240 e. The average Bonchev–Trinajstić information content (AvgIpc) is 3.26. The molecule has 0 amide bonds. The molecule has 2 aromatic carbocycles. The van der Waals surface area contributed by atoms with Crippen LogP contribution < -0.4 is 4.72 Å². The first kappa shape index (κ1) is 20.6. The molecular formula is C21H21FN4O2S2. The monoisotopic (exact) mass is 444 g/mol. The largest absolute Gasteiger partial charge is 0.240 e. The molecule has 30 heavy (non-hydrogen) atoms. The Hall–Kier alpha value is -2.62. The van der Waals surface area contributed by atoms with Gasteiger partial charge in [-0.15, -0.1) is 16.4 Å². The summed E-state index contributed by atoms with van der Waals surface area (Å²) < 4.78 is 43.8. The van der Waals surface area contributed by atoms with Gasteiger partial charge in [0.25, 0.3) is 0 Å².